The minimum absolute atomic E-state index is 0.0772. The van der Waals surface area contributed by atoms with E-state index in [1.807, 2.05) is 35.2 Å². The molecule has 2 aromatic rings. The lowest BCUT2D eigenvalue weighted by atomic mass is 10.1. The summed E-state index contributed by atoms with van der Waals surface area (Å²) in [6, 6.07) is 11.6. The molecule has 1 unspecified atom stereocenters. The van der Waals surface area contributed by atoms with Crippen molar-refractivity contribution in [3.63, 3.8) is 0 Å². The van der Waals surface area contributed by atoms with Crippen molar-refractivity contribution in [3.8, 4) is 6.07 Å². The third-order valence-electron chi connectivity index (χ3n) is 5.24. The number of carbonyl (C=O) groups excluding carboxylic acids is 1. The van der Waals surface area contributed by atoms with Gasteiger partial charge in [-0.1, -0.05) is 12.1 Å². The molecule has 3 heterocycles. The van der Waals surface area contributed by atoms with E-state index in [2.05, 4.69) is 25.8 Å². The molecule has 1 aromatic carbocycles. The van der Waals surface area contributed by atoms with E-state index in [9.17, 15) is 4.79 Å². The van der Waals surface area contributed by atoms with Crippen LogP contribution in [0.15, 0.2) is 42.7 Å². The molecule has 1 aromatic heterocycles. The van der Waals surface area contributed by atoms with Gasteiger partial charge in [0.2, 0.25) is 11.9 Å². The molecular formula is C20H22N6O. The zero-order valence-electron chi connectivity index (χ0n) is 15.2. The lowest BCUT2D eigenvalue weighted by molar-refractivity contribution is -0.133. The summed E-state index contributed by atoms with van der Waals surface area (Å²) in [5.74, 6) is 0.961. The average Bonchev–Trinajstić information content (AvgIpc) is 3.15. The van der Waals surface area contributed by atoms with Gasteiger partial charge < -0.3 is 9.80 Å². The molecule has 4 rings (SSSR count). The van der Waals surface area contributed by atoms with Gasteiger partial charge in [0.25, 0.3) is 0 Å². The van der Waals surface area contributed by atoms with Gasteiger partial charge in [-0.15, -0.1) is 0 Å². The largest absolute Gasteiger partial charge is 0.338 e. The number of hydrogen-bond acceptors (Lipinski definition) is 6. The van der Waals surface area contributed by atoms with Crippen molar-refractivity contribution in [2.45, 2.75) is 19.0 Å². The third kappa shape index (κ3) is 3.62. The lowest BCUT2D eigenvalue weighted by Gasteiger charge is -2.42. The topological polar surface area (TPSA) is 76.4 Å². The van der Waals surface area contributed by atoms with Crippen LogP contribution in [0.5, 0.6) is 0 Å². The van der Waals surface area contributed by atoms with E-state index >= 15 is 0 Å². The number of likely N-dealkylation sites (tertiary alicyclic amines) is 1. The van der Waals surface area contributed by atoms with Gasteiger partial charge in [0, 0.05) is 51.5 Å². The average molecular weight is 362 g/mol. The maximum absolute atomic E-state index is 12.5. The fraction of sp³-hybridized carbons (Fsp3) is 0.400. The Kier molecular flexibility index (Phi) is 4.99. The highest BCUT2D eigenvalue weighted by Gasteiger charge is 2.35. The fourth-order valence-electron chi connectivity index (χ4n) is 3.87. The molecule has 2 aliphatic heterocycles. The number of piperazine rings is 1. The number of aromatic nitrogens is 2. The Morgan fingerprint density at radius 1 is 1.00 bits per heavy atom. The summed E-state index contributed by atoms with van der Waals surface area (Å²) in [4.78, 5) is 27.6. The highest BCUT2D eigenvalue weighted by molar-refractivity contribution is 5.78. The first-order valence-electron chi connectivity index (χ1n) is 9.32. The molecule has 2 aliphatic rings. The van der Waals surface area contributed by atoms with Crippen LogP contribution in [0, 0.1) is 11.3 Å². The number of nitriles is 1. The van der Waals surface area contributed by atoms with Crippen molar-refractivity contribution in [3.05, 3.63) is 53.9 Å². The first-order chi connectivity index (χ1) is 13.3. The summed E-state index contributed by atoms with van der Waals surface area (Å²) < 4.78 is 0. The first kappa shape index (κ1) is 17.4. The number of benzene rings is 1. The van der Waals surface area contributed by atoms with E-state index in [4.69, 9.17) is 5.26 Å². The van der Waals surface area contributed by atoms with Crippen LogP contribution in [-0.2, 0) is 4.79 Å². The number of carbonyl (C=O) groups is 1. The number of hydrogen-bond donors (Lipinski definition) is 0. The van der Waals surface area contributed by atoms with Gasteiger partial charge in [0.05, 0.1) is 11.6 Å². The van der Waals surface area contributed by atoms with Gasteiger partial charge in [-0.2, -0.15) is 5.26 Å². The van der Waals surface area contributed by atoms with Crippen LogP contribution >= 0.6 is 0 Å². The monoisotopic (exact) mass is 362 g/mol. The maximum atomic E-state index is 12.5. The van der Waals surface area contributed by atoms with E-state index in [1.54, 1.807) is 12.4 Å². The second-order valence-electron chi connectivity index (χ2n) is 6.87. The van der Waals surface area contributed by atoms with E-state index in [1.165, 1.54) is 0 Å². The Morgan fingerprint density at radius 3 is 2.30 bits per heavy atom. The molecule has 0 N–H and O–H groups in total. The standard InChI is InChI=1S/C20H22N6O/c21-15-16-4-6-17(7-5-16)19(26-10-1-3-18(26)27)24-11-13-25(14-12-24)20-22-8-2-9-23-20/h2,4-9,19H,1,3,10-14H2. The summed E-state index contributed by atoms with van der Waals surface area (Å²) in [5.41, 5.74) is 1.70. The van der Waals surface area contributed by atoms with E-state index in [0.29, 0.717) is 12.0 Å². The highest BCUT2D eigenvalue weighted by atomic mass is 16.2. The molecular weight excluding hydrogens is 340 g/mol. The highest BCUT2D eigenvalue weighted by Crippen LogP contribution is 2.30. The Morgan fingerprint density at radius 2 is 1.70 bits per heavy atom. The summed E-state index contributed by atoms with van der Waals surface area (Å²) in [6.45, 7) is 4.07. The Bertz CT molecular complexity index is 824. The van der Waals surface area contributed by atoms with Gasteiger partial charge in [0.15, 0.2) is 0 Å². The van der Waals surface area contributed by atoms with Crippen LogP contribution < -0.4 is 4.90 Å². The van der Waals surface area contributed by atoms with Crippen LogP contribution in [0.3, 0.4) is 0 Å². The molecule has 0 aliphatic carbocycles. The molecule has 7 nitrogen and oxygen atoms in total. The lowest BCUT2D eigenvalue weighted by Crippen LogP contribution is -2.52. The van der Waals surface area contributed by atoms with Crippen molar-refractivity contribution in [2.24, 2.45) is 0 Å². The molecule has 7 heteroatoms. The van der Waals surface area contributed by atoms with Crippen molar-refractivity contribution in [1.29, 1.82) is 5.26 Å². The number of anilines is 1. The molecule has 0 spiro atoms. The van der Waals surface area contributed by atoms with Gasteiger partial charge >= 0.3 is 0 Å². The molecule has 138 valence electrons. The first-order valence-corrected chi connectivity index (χ1v) is 9.32. The summed E-state index contributed by atoms with van der Waals surface area (Å²) in [7, 11) is 0. The van der Waals surface area contributed by atoms with E-state index in [0.717, 1.165) is 50.7 Å². The maximum Gasteiger partial charge on any atom is 0.225 e. The number of rotatable bonds is 4. The SMILES string of the molecule is N#Cc1ccc(C(N2CCN(c3ncccn3)CC2)N2CCCC2=O)cc1. The fourth-order valence-corrected chi connectivity index (χ4v) is 3.87. The number of nitrogens with zero attached hydrogens (tertiary/aromatic N) is 6. The molecule has 1 atom stereocenters. The smallest absolute Gasteiger partial charge is 0.225 e. The minimum atomic E-state index is -0.0772. The van der Waals surface area contributed by atoms with Crippen molar-refractivity contribution < 1.29 is 4.79 Å². The predicted octanol–water partition coefficient (Wildman–Crippen LogP) is 1.79. The Labute approximate surface area is 158 Å². The summed E-state index contributed by atoms with van der Waals surface area (Å²) in [6.07, 6.45) is 4.97. The second kappa shape index (κ2) is 7.72. The van der Waals surface area contributed by atoms with E-state index in [-0.39, 0.29) is 12.1 Å². The molecule has 2 saturated heterocycles. The zero-order valence-corrected chi connectivity index (χ0v) is 15.2. The quantitative estimate of drug-likeness (QED) is 0.825. The van der Waals surface area contributed by atoms with Gasteiger partial charge in [-0.25, -0.2) is 9.97 Å². The number of amides is 1. The molecule has 2 fully saturated rings. The Hall–Kier alpha value is -2.98. The van der Waals surface area contributed by atoms with Crippen LogP contribution in [0.25, 0.3) is 0 Å². The van der Waals surface area contributed by atoms with Gasteiger partial charge in [-0.05, 0) is 30.2 Å². The van der Waals surface area contributed by atoms with Crippen LogP contribution in [-0.4, -0.2) is 58.4 Å². The second-order valence-corrected chi connectivity index (χ2v) is 6.87. The summed E-state index contributed by atoms with van der Waals surface area (Å²) >= 11 is 0. The van der Waals surface area contributed by atoms with E-state index < -0.39 is 0 Å². The molecule has 0 saturated carbocycles. The molecule has 27 heavy (non-hydrogen) atoms. The van der Waals surface area contributed by atoms with Crippen LogP contribution in [0.4, 0.5) is 5.95 Å². The van der Waals surface area contributed by atoms with Gasteiger partial charge in [-0.3, -0.25) is 9.69 Å². The van der Waals surface area contributed by atoms with Crippen LogP contribution in [0.1, 0.15) is 30.1 Å². The Balaban J connectivity index is 1.54. The van der Waals surface area contributed by atoms with Crippen molar-refractivity contribution >= 4 is 11.9 Å². The van der Waals surface area contributed by atoms with Crippen molar-refractivity contribution in [2.75, 3.05) is 37.6 Å². The molecule has 1 amide bonds. The minimum Gasteiger partial charge on any atom is -0.338 e. The van der Waals surface area contributed by atoms with Crippen molar-refractivity contribution in [1.82, 2.24) is 19.8 Å². The van der Waals surface area contributed by atoms with Crippen LogP contribution in [0.2, 0.25) is 0 Å². The summed E-state index contributed by atoms with van der Waals surface area (Å²) in [5, 5.41) is 9.06. The zero-order chi connectivity index (χ0) is 18.6. The van der Waals surface area contributed by atoms with Gasteiger partial charge in [0.1, 0.15) is 6.17 Å². The predicted molar refractivity (Wildman–Crippen MR) is 101 cm³/mol. The third-order valence-corrected chi connectivity index (χ3v) is 5.24. The molecule has 0 bridgehead atoms. The normalized spacial score (nSPS) is 19.1. The molecule has 0 radical (unpaired) electrons.